The summed E-state index contributed by atoms with van der Waals surface area (Å²) in [5.74, 6) is 0. The van der Waals surface area contributed by atoms with Gasteiger partial charge in [0.15, 0.2) is 6.29 Å². The highest BCUT2D eigenvalue weighted by molar-refractivity contribution is 5.92. The Morgan fingerprint density at radius 1 is 1.12 bits per heavy atom. The lowest BCUT2D eigenvalue weighted by atomic mass is 10.0. The van der Waals surface area contributed by atoms with Crippen LogP contribution in [-0.4, -0.2) is 16.3 Å². The number of aromatic amines is 1. The molecule has 2 heterocycles. The van der Waals surface area contributed by atoms with Crippen LogP contribution in [0.5, 0.6) is 0 Å². The van der Waals surface area contributed by atoms with E-state index in [9.17, 15) is 4.79 Å². The van der Waals surface area contributed by atoms with Gasteiger partial charge in [0.25, 0.3) is 0 Å². The van der Waals surface area contributed by atoms with E-state index in [1.165, 1.54) is 0 Å². The van der Waals surface area contributed by atoms with E-state index in [1.54, 1.807) is 0 Å². The average molecular weight is 222 g/mol. The molecule has 1 aromatic carbocycles. The second kappa shape index (κ2) is 3.87. The number of aromatic nitrogens is 2. The predicted molar refractivity (Wildman–Crippen MR) is 66.9 cm³/mol. The van der Waals surface area contributed by atoms with Crippen molar-refractivity contribution < 1.29 is 4.79 Å². The highest BCUT2D eigenvalue weighted by atomic mass is 16.1. The number of pyridine rings is 1. The number of hydrogen-bond acceptors (Lipinski definition) is 2. The third-order valence-corrected chi connectivity index (χ3v) is 2.76. The maximum Gasteiger partial charge on any atom is 0.169 e. The number of nitrogens with one attached hydrogen (secondary N) is 1. The summed E-state index contributed by atoms with van der Waals surface area (Å²) in [4.78, 5) is 18.4. The summed E-state index contributed by atoms with van der Waals surface area (Å²) in [5.41, 5.74) is 3.08. The molecule has 0 bridgehead atoms. The van der Waals surface area contributed by atoms with Crippen molar-refractivity contribution in [3.8, 4) is 11.1 Å². The molecule has 2 aromatic heterocycles. The van der Waals surface area contributed by atoms with Gasteiger partial charge in [-0.3, -0.25) is 4.79 Å². The second-order valence-corrected chi connectivity index (χ2v) is 3.82. The summed E-state index contributed by atoms with van der Waals surface area (Å²) in [6.45, 7) is 0. The molecular formula is C14H10N2O. The first kappa shape index (κ1) is 9.78. The SMILES string of the molecule is O=Cc1nc2[nH]ccc2cc1-c1ccccc1. The Labute approximate surface area is 98.1 Å². The maximum absolute atomic E-state index is 11.1. The Bertz CT molecular complexity index is 671. The third-order valence-electron chi connectivity index (χ3n) is 2.76. The van der Waals surface area contributed by atoms with Gasteiger partial charge in [0.05, 0.1) is 0 Å². The molecule has 0 fully saturated rings. The zero-order valence-electron chi connectivity index (χ0n) is 9.05. The molecule has 0 amide bonds. The van der Waals surface area contributed by atoms with Crippen molar-refractivity contribution in [1.82, 2.24) is 9.97 Å². The molecule has 0 saturated carbocycles. The first-order valence-corrected chi connectivity index (χ1v) is 5.37. The van der Waals surface area contributed by atoms with Gasteiger partial charge >= 0.3 is 0 Å². The molecule has 0 saturated heterocycles. The average Bonchev–Trinajstić information content (AvgIpc) is 2.85. The summed E-state index contributed by atoms with van der Waals surface area (Å²) in [6, 6.07) is 13.7. The van der Waals surface area contributed by atoms with Crippen molar-refractivity contribution >= 4 is 17.3 Å². The van der Waals surface area contributed by atoms with Gasteiger partial charge in [-0.1, -0.05) is 30.3 Å². The van der Waals surface area contributed by atoms with Crippen molar-refractivity contribution in [2.24, 2.45) is 0 Å². The largest absolute Gasteiger partial charge is 0.346 e. The van der Waals surface area contributed by atoms with E-state index in [0.717, 1.165) is 28.4 Å². The van der Waals surface area contributed by atoms with Crippen molar-refractivity contribution in [2.75, 3.05) is 0 Å². The van der Waals surface area contributed by atoms with Crippen LogP contribution in [0.1, 0.15) is 10.5 Å². The lowest BCUT2D eigenvalue weighted by Gasteiger charge is -2.04. The van der Waals surface area contributed by atoms with Crippen molar-refractivity contribution in [3.05, 3.63) is 54.4 Å². The van der Waals surface area contributed by atoms with Crippen LogP contribution < -0.4 is 0 Å². The summed E-state index contributed by atoms with van der Waals surface area (Å²) in [7, 11) is 0. The molecule has 0 aliphatic rings. The van der Waals surface area contributed by atoms with Gasteiger partial charge in [0.1, 0.15) is 11.3 Å². The van der Waals surface area contributed by atoms with E-state index >= 15 is 0 Å². The van der Waals surface area contributed by atoms with Crippen molar-refractivity contribution in [3.63, 3.8) is 0 Å². The van der Waals surface area contributed by atoms with Crippen LogP contribution in [0.3, 0.4) is 0 Å². The fourth-order valence-corrected chi connectivity index (χ4v) is 1.93. The number of nitrogens with zero attached hydrogens (tertiary/aromatic N) is 1. The number of carbonyl (C=O) groups excluding carboxylic acids is 1. The minimum Gasteiger partial charge on any atom is -0.346 e. The fourth-order valence-electron chi connectivity index (χ4n) is 1.93. The first-order chi connectivity index (χ1) is 8.38. The van der Waals surface area contributed by atoms with E-state index in [0.29, 0.717) is 5.69 Å². The molecule has 3 nitrogen and oxygen atoms in total. The highest BCUT2D eigenvalue weighted by Crippen LogP contribution is 2.25. The molecule has 0 spiro atoms. The molecule has 0 aliphatic heterocycles. The second-order valence-electron chi connectivity index (χ2n) is 3.82. The number of fused-ring (bicyclic) bond motifs is 1. The van der Waals surface area contributed by atoms with Gasteiger partial charge in [-0.15, -0.1) is 0 Å². The molecule has 3 heteroatoms. The summed E-state index contributed by atoms with van der Waals surface area (Å²) < 4.78 is 0. The molecule has 0 radical (unpaired) electrons. The maximum atomic E-state index is 11.1. The summed E-state index contributed by atoms with van der Waals surface area (Å²) in [5, 5.41) is 1.01. The van der Waals surface area contributed by atoms with Crippen LogP contribution in [0.15, 0.2) is 48.7 Å². The van der Waals surface area contributed by atoms with Crippen LogP contribution >= 0.6 is 0 Å². The van der Waals surface area contributed by atoms with E-state index in [-0.39, 0.29) is 0 Å². The van der Waals surface area contributed by atoms with Gasteiger partial charge in [-0.05, 0) is 17.7 Å². The molecule has 82 valence electrons. The van der Waals surface area contributed by atoms with Gasteiger partial charge < -0.3 is 4.98 Å². The van der Waals surface area contributed by atoms with E-state index in [2.05, 4.69) is 9.97 Å². The van der Waals surface area contributed by atoms with Crippen LogP contribution in [0.4, 0.5) is 0 Å². The predicted octanol–water partition coefficient (Wildman–Crippen LogP) is 3.04. The van der Waals surface area contributed by atoms with E-state index in [1.807, 2.05) is 48.7 Å². The lowest BCUT2D eigenvalue weighted by Crippen LogP contribution is -1.92. The number of H-pyrrole nitrogens is 1. The number of benzene rings is 1. The zero-order valence-corrected chi connectivity index (χ0v) is 9.05. The lowest BCUT2D eigenvalue weighted by molar-refractivity contribution is 0.112. The highest BCUT2D eigenvalue weighted by Gasteiger charge is 2.08. The zero-order chi connectivity index (χ0) is 11.7. The third kappa shape index (κ3) is 1.61. The van der Waals surface area contributed by atoms with Gasteiger partial charge in [0.2, 0.25) is 0 Å². The molecule has 3 rings (SSSR count). The minimum atomic E-state index is 0.464. The Hall–Kier alpha value is -2.42. The quantitative estimate of drug-likeness (QED) is 0.677. The summed E-state index contributed by atoms with van der Waals surface area (Å²) >= 11 is 0. The van der Waals surface area contributed by atoms with Gasteiger partial charge in [-0.2, -0.15) is 0 Å². The monoisotopic (exact) mass is 222 g/mol. The Balaban J connectivity index is 2.30. The van der Waals surface area contributed by atoms with E-state index in [4.69, 9.17) is 0 Å². The molecule has 1 N–H and O–H groups in total. The molecular weight excluding hydrogens is 212 g/mol. The van der Waals surface area contributed by atoms with Crippen LogP contribution in [0.2, 0.25) is 0 Å². The van der Waals surface area contributed by atoms with Gasteiger partial charge in [-0.25, -0.2) is 4.98 Å². The van der Waals surface area contributed by atoms with Crippen LogP contribution in [-0.2, 0) is 0 Å². The van der Waals surface area contributed by atoms with Crippen LogP contribution in [0.25, 0.3) is 22.2 Å². The normalized spacial score (nSPS) is 10.6. The number of rotatable bonds is 2. The Morgan fingerprint density at radius 2 is 1.94 bits per heavy atom. The van der Waals surface area contributed by atoms with E-state index < -0.39 is 0 Å². The number of aldehydes is 1. The molecule has 17 heavy (non-hydrogen) atoms. The number of carbonyl (C=O) groups is 1. The molecule has 0 atom stereocenters. The Kier molecular flexibility index (Phi) is 2.22. The molecule has 0 aliphatic carbocycles. The van der Waals surface area contributed by atoms with Crippen molar-refractivity contribution in [2.45, 2.75) is 0 Å². The minimum absolute atomic E-state index is 0.464. The van der Waals surface area contributed by atoms with Gasteiger partial charge in [0, 0.05) is 17.1 Å². The fraction of sp³-hybridized carbons (Fsp3) is 0. The van der Waals surface area contributed by atoms with Crippen LogP contribution in [0, 0.1) is 0 Å². The first-order valence-electron chi connectivity index (χ1n) is 5.37. The summed E-state index contributed by atoms with van der Waals surface area (Å²) in [6.07, 6.45) is 2.61. The standard InChI is InChI=1S/C14H10N2O/c17-9-13-12(10-4-2-1-3-5-10)8-11-6-7-15-14(11)16-13/h1-9H,(H,15,16). The van der Waals surface area contributed by atoms with Crippen molar-refractivity contribution in [1.29, 1.82) is 0 Å². The smallest absolute Gasteiger partial charge is 0.169 e. The number of hydrogen-bond donors (Lipinski definition) is 1. The topological polar surface area (TPSA) is 45.8 Å². The molecule has 3 aromatic rings. The molecule has 0 unspecified atom stereocenters. The Morgan fingerprint density at radius 3 is 2.71 bits per heavy atom.